The standard InChI is InChI=1S/C24H39N3O4/c1-9-17(5)19(26-23(30)31-24(6,7)8)22(29)27(10-2)20(21(28)25-16(3)4)18-14-12-11-13-15-18/h11-17,19-20H,9-10H2,1-8H3,(H,25,28)(H,26,30). The average molecular weight is 434 g/mol. The number of alkyl carbamates (subject to hydrolysis) is 1. The summed E-state index contributed by atoms with van der Waals surface area (Å²) in [5.74, 6) is -0.703. The van der Waals surface area contributed by atoms with Crippen molar-refractivity contribution in [1.29, 1.82) is 0 Å². The van der Waals surface area contributed by atoms with Gasteiger partial charge in [-0.2, -0.15) is 0 Å². The van der Waals surface area contributed by atoms with Gasteiger partial charge in [0.05, 0.1) is 0 Å². The van der Waals surface area contributed by atoms with Crippen LogP contribution in [0.25, 0.3) is 0 Å². The molecule has 0 heterocycles. The molecule has 0 bridgehead atoms. The van der Waals surface area contributed by atoms with Gasteiger partial charge in [-0.15, -0.1) is 0 Å². The third-order valence-electron chi connectivity index (χ3n) is 4.88. The molecule has 0 aliphatic rings. The van der Waals surface area contributed by atoms with E-state index in [1.165, 1.54) is 4.90 Å². The molecule has 3 unspecified atom stereocenters. The van der Waals surface area contributed by atoms with Crippen LogP contribution >= 0.6 is 0 Å². The van der Waals surface area contributed by atoms with Crippen molar-refractivity contribution >= 4 is 17.9 Å². The Labute approximate surface area is 186 Å². The van der Waals surface area contributed by atoms with Crippen LogP contribution < -0.4 is 10.6 Å². The lowest BCUT2D eigenvalue weighted by Gasteiger charge is -2.35. The van der Waals surface area contributed by atoms with Crippen LogP contribution in [-0.4, -0.2) is 47.0 Å². The van der Waals surface area contributed by atoms with Gasteiger partial charge in [0, 0.05) is 12.6 Å². The largest absolute Gasteiger partial charge is 0.444 e. The number of ether oxygens (including phenoxy) is 1. The van der Waals surface area contributed by atoms with Crippen molar-refractivity contribution < 1.29 is 19.1 Å². The van der Waals surface area contributed by atoms with E-state index in [0.717, 1.165) is 5.56 Å². The SMILES string of the molecule is CCC(C)C(NC(=O)OC(C)(C)C)C(=O)N(CC)C(C(=O)NC(C)C)c1ccccc1. The first-order valence-corrected chi connectivity index (χ1v) is 11.1. The highest BCUT2D eigenvalue weighted by Crippen LogP contribution is 2.24. The first-order chi connectivity index (χ1) is 14.4. The van der Waals surface area contributed by atoms with Crippen LogP contribution in [0, 0.1) is 5.92 Å². The minimum absolute atomic E-state index is 0.0715. The maximum Gasteiger partial charge on any atom is 0.408 e. The molecule has 0 saturated carbocycles. The first kappa shape index (κ1) is 26.5. The van der Waals surface area contributed by atoms with Gasteiger partial charge in [0.15, 0.2) is 0 Å². The summed E-state index contributed by atoms with van der Waals surface area (Å²) in [7, 11) is 0. The van der Waals surface area contributed by atoms with E-state index >= 15 is 0 Å². The Bertz CT molecular complexity index is 728. The van der Waals surface area contributed by atoms with E-state index in [2.05, 4.69) is 10.6 Å². The number of carbonyl (C=O) groups is 3. The zero-order valence-corrected chi connectivity index (χ0v) is 20.2. The van der Waals surface area contributed by atoms with E-state index in [-0.39, 0.29) is 23.8 Å². The predicted octanol–water partition coefficient (Wildman–Crippen LogP) is 4.04. The van der Waals surface area contributed by atoms with Gasteiger partial charge in [0.2, 0.25) is 11.8 Å². The second-order valence-electron chi connectivity index (χ2n) is 9.11. The topological polar surface area (TPSA) is 87.7 Å². The van der Waals surface area contributed by atoms with E-state index in [1.54, 1.807) is 20.8 Å². The highest BCUT2D eigenvalue weighted by atomic mass is 16.6. The lowest BCUT2D eigenvalue weighted by atomic mass is 9.95. The molecule has 0 aliphatic carbocycles. The van der Waals surface area contributed by atoms with E-state index in [1.807, 2.05) is 65.0 Å². The Morgan fingerprint density at radius 2 is 1.58 bits per heavy atom. The van der Waals surface area contributed by atoms with E-state index in [4.69, 9.17) is 4.74 Å². The number of rotatable bonds is 9. The molecule has 0 aromatic heterocycles. The van der Waals surface area contributed by atoms with E-state index in [0.29, 0.717) is 13.0 Å². The van der Waals surface area contributed by atoms with Crippen LogP contribution in [0.3, 0.4) is 0 Å². The Morgan fingerprint density at radius 1 is 1.00 bits per heavy atom. The number of carbonyl (C=O) groups excluding carboxylic acids is 3. The van der Waals surface area contributed by atoms with Crippen molar-refractivity contribution in [1.82, 2.24) is 15.5 Å². The molecular weight excluding hydrogens is 394 g/mol. The van der Waals surface area contributed by atoms with Crippen molar-refractivity contribution in [3.63, 3.8) is 0 Å². The van der Waals surface area contributed by atoms with Gasteiger partial charge in [-0.1, -0.05) is 50.6 Å². The molecule has 3 amide bonds. The molecule has 0 saturated heterocycles. The number of amides is 3. The summed E-state index contributed by atoms with van der Waals surface area (Å²) < 4.78 is 5.37. The summed E-state index contributed by atoms with van der Waals surface area (Å²) in [6, 6.07) is 7.54. The third kappa shape index (κ3) is 8.23. The summed E-state index contributed by atoms with van der Waals surface area (Å²) in [5.41, 5.74) is 0.0393. The normalized spacial score (nSPS) is 14.4. The number of hydrogen-bond acceptors (Lipinski definition) is 4. The monoisotopic (exact) mass is 433 g/mol. The lowest BCUT2D eigenvalue weighted by molar-refractivity contribution is -0.143. The van der Waals surface area contributed by atoms with Gasteiger partial charge in [-0.25, -0.2) is 4.79 Å². The summed E-state index contributed by atoms with van der Waals surface area (Å²) in [6.07, 6.45) is 0.0305. The Balaban J connectivity index is 3.30. The molecule has 1 rings (SSSR count). The number of hydrogen-bond donors (Lipinski definition) is 2. The summed E-state index contributed by atoms with van der Waals surface area (Å²) >= 11 is 0. The van der Waals surface area contributed by atoms with Crippen LogP contribution in [-0.2, 0) is 14.3 Å². The van der Waals surface area contributed by atoms with Crippen molar-refractivity contribution in [3.8, 4) is 0 Å². The van der Waals surface area contributed by atoms with E-state index < -0.39 is 23.8 Å². The minimum Gasteiger partial charge on any atom is -0.444 e. The van der Waals surface area contributed by atoms with Crippen LogP contribution in [0.4, 0.5) is 4.79 Å². The molecule has 3 atom stereocenters. The Hall–Kier alpha value is -2.57. The minimum atomic E-state index is -0.808. The molecular formula is C24H39N3O4. The van der Waals surface area contributed by atoms with Crippen molar-refractivity contribution in [3.05, 3.63) is 35.9 Å². The summed E-state index contributed by atoms with van der Waals surface area (Å²) in [4.78, 5) is 40.7. The highest BCUT2D eigenvalue weighted by molar-refractivity contribution is 5.92. The molecule has 7 nitrogen and oxygen atoms in total. The molecule has 0 fully saturated rings. The highest BCUT2D eigenvalue weighted by Gasteiger charge is 2.37. The molecule has 174 valence electrons. The zero-order chi connectivity index (χ0) is 23.8. The third-order valence-corrected chi connectivity index (χ3v) is 4.88. The second kappa shape index (κ2) is 11.7. The fourth-order valence-corrected chi connectivity index (χ4v) is 3.23. The first-order valence-electron chi connectivity index (χ1n) is 11.1. The maximum atomic E-state index is 13.7. The molecule has 31 heavy (non-hydrogen) atoms. The predicted molar refractivity (Wildman–Crippen MR) is 122 cm³/mol. The smallest absolute Gasteiger partial charge is 0.408 e. The fraction of sp³-hybridized carbons (Fsp3) is 0.625. The molecule has 2 N–H and O–H groups in total. The van der Waals surface area contributed by atoms with Crippen LogP contribution in [0.15, 0.2) is 30.3 Å². The van der Waals surface area contributed by atoms with Gasteiger partial charge >= 0.3 is 6.09 Å². The van der Waals surface area contributed by atoms with Crippen LogP contribution in [0.5, 0.6) is 0 Å². The summed E-state index contributed by atoms with van der Waals surface area (Å²) in [6.45, 7) is 15.1. The fourth-order valence-electron chi connectivity index (χ4n) is 3.23. The van der Waals surface area contributed by atoms with Gasteiger partial charge in [0.1, 0.15) is 17.7 Å². The molecule has 7 heteroatoms. The molecule has 1 aromatic rings. The quantitative estimate of drug-likeness (QED) is 0.615. The summed E-state index contributed by atoms with van der Waals surface area (Å²) in [5, 5.41) is 5.66. The number of benzene rings is 1. The average Bonchev–Trinajstić information content (AvgIpc) is 2.67. The Kier molecular flexibility index (Phi) is 10.0. The van der Waals surface area contributed by atoms with Gasteiger partial charge in [-0.05, 0) is 53.0 Å². The van der Waals surface area contributed by atoms with Gasteiger partial charge < -0.3 is 20.3 Å². The van der Waals surface area contributed by atoms with Crippen molar-refractivity contribution in [2.75, 3.05) is 6.54 Å². The van der Waals surface area contributed by atoms with E-state index in [9.17, 15) is 14.4 Å². The van der Waals surface area contributed by atoms with Crippen molar-refractivity contribution in [2.45, 2.75) is 85.5 Å². The lowest BCUT2D eigenvalue weighted by Crippen LogP contribution is -2.55. The second-order valence-corrected chi connectivity index (χ2v) is 9.11. The number of likely N-dealkylation sites (N-methyl/N-ethyl adjacent to an activating group) is 1. The van der Waals surface area contributed by atoms with Crippen LogP contribution in [0.1, 0.15) is 73.4 Å². The van der Waals surface area contributed by atoms with Crippen molar-refractivity contribution in [2.24, 2.45) is 5.92 Å². The molecule has 1 aromatic carbocycles. The zero-order valence-electron chi connectivity index (χ0n) is 20.2. The molecule has 0 radical (unpaired) electrons. The van der Waals surface area contributed by atoms with Gasteiger partial charge in [0.25, 0.3) is 0 Å². The van der Waals surface area contributed by atoms with Crippen LogP contribution in [0.2, 0.25) is 0 Å². The molecule has 0 aliphatic heterocycles. The maximum absolute atomic E-state index is 13.7. The number of nitrogens with one attached hydrogen (secondary N) is 2. The van der Waals surface area contributed by atoms with Gasteiger partial charge in [-0.3, -0.25) is 9.59 Å². The molecule has 0 spiro atoms. The number of nitrogens with zero attached hydrogens (tertiary/aromatic N) is 1. The Morgan fingerprint density at radius 3 is 2.03 bits per heavy atom.